The predicted octanol–water partition coefficient (Wildman–Crippen LogP) is 2.09. The molecule has 3 aliphatic rings. The van der Waals surface area contributed by atoms with Crippen LogP contribution in [0.5, 0.6) is 0 Å². The zero-order valence-electron chi connectivity index (χ0n) is 19.1. The maximum Gasteiger partial charge on any atom is 0.250 e. The fourth-order valence-electron chi connectivity index (χ4n) is 6.15. The van der Waals surface area contributed by atoms with Crippen molar-refractivity contribution in [3.05, 3.63) is 65.4 Å². The lowest BCUT2D eigenvalue weighted by atomic mass is 9.76. The Morgan fingerprint density at radius 1 is 1.06 bits per heavy atom. The maximum absolute atomic E-state index is 13.7. The van der Waals surface area contributed by atoms with Crippen molar-refractivity contribution in [3.8, 4) is 0 Å². The van der Waals surface area contributed by atoms with Gasteiger partial charge >= 0.3 is 0 Å². The molecular weight excluding hydrogens is 432 g/mol. The minimum atomic E-state index is -1.28. The van der Waals surface area contributed by atoms with Gasteiger partial charge in [-0.05, 0) is 30.5 Å². The number of ether oxygens (including phenoxy) is 1. The number of hydrogen-bond acceptors (Lipinski definition) is 5. The number of fused-ring (bicyclic) bond motifs is 5. The molecule has 8 heteroatoms. The number of para-hydroxylation sites is 2. The summed E-state index contributed by atoms with van der Waals surface area (Å²) in [5.41, 5.74) is 3.16. The van der Waals surface area contributed by atoms with E-state index in [-0.39, 0.29) is 36.9 Å². The summed E-state index contributed by atoms with van der Waals surface area (Å²) in [7, 11) is 1.54. The van der Waals surface area contributed by atoms with Crippen LogP contribution in [0, 0.1) is 18.8 Å². The highest BCUT2D eigenvalue weighted by Gasteiger charge is 2.70. The van der Waals surface area contributed by atoms with Crippen molar-refractivity contribution in [2.24, 2.45) is 11.8 Å². The predicted molar refractivity (Wildman–Crippen MR) is 126 cm³/mol. The van der Waals surface area contributed by atoms with Gasteiger partial charge in [0.15, 0.2) is 0 Å². The largest absolute Gasteiger partial charge is 0.383 e. The number of anilines is 1. The molecule has 1 spiro atoms. The molecule has 1 aromatic heterocycles. The van der Waals surface area contributed by atoms with Gasteiger partial charge in [0, 0.05) is 41.5 Å². The molecule has 2 saturated heterocycles. The summed E-state index contributed by atoms with van der Waals surface area (Å²) in [6.45, 7) is 2.37. The van der Waals surface area contributed by atoms with E-state index in [0.717, 1.165) is 33.3 Å². The molecule has 8 nitrogen and oxygen atoms in total. The highest BCUT2D eigenvalue weighted by atomic mass is 16.5. The van der Waals surface area contributed by atoms with Crippen LogP contribution in [0.15, 0.2) is 48.7 Å². The Labute approximate surface area is 196 Å². The molecule has 6 rings (SSSR count). The quantitative estimate of drug-likeness (QED) is 0.508. The summed E-state index contributed by atoms with van der Waals surface area (Å²) in [5, 5.41) is 7.59. The fourth-order valence-corrected chi connectivity index (χ4v) is 6.15. The number of aromatic amines is 1. The molecule has 4 atom stereocenters. The second-order valence-corrected chi connectivity index (χ2v) is 9.40. The fraction of sp³-hybridized carbons (Fsp3) is 0.346. The number of aryl methyl sites for hydroxylation is 1. The number of imide groups is 1. The molecule has 3 aromatic rings. The Hall–Kier alpha value is -3.49. The first-order valence-corrected chi connectivity index (χ1v) is 11.6. The van der Waals surface area contributed by atoms with Gasteiger partial charge in [-0.2, -0.15) is 0 Å². The number of amides is 3. The third-order valence-electron chi connectivity index (χ3n) is 7.68. The van der Waals surface area contributed by atoms with Gasteiger partial charge in [0.05, 0.1) is 25.0 Å². The monoisotopic (exact) mass is 458 g/mol. The van der Waals surface area contributed by atoms with E-state index >= 15 is 0 Å². The number of carbonyl (C=O) groups excluding carboxylic acids is 3. The van der Waals surface area contributed by atoms with Crippen molar-refractivity contribution in [3.63, 3.8) is 0 Å². The van der Waals surface area contributed by atoms with Crippen LogP contribution in [0.1, 0.15) is 16.7 Å². The van der Waals surface area contributed by atoms with Crippen molar-refractivity contribution in [1.29, 1.82) is 0 Å². The van der Waals surface area contributed by atoms with Gasteiger partial charge in [-0.1, -0.05) is 36.4 Å². The molecule has 0 radical (unpaired) electrons. The third-order valence-corrected chi connectivity index (χ3v) is 7.68. The van der Waals surface area contributed by atoms with E-state index in [1.165, 1.54) is 12.0 Å². The Bertz CT molecular complexity index is 1350. The number of nitrogens with one attached hydrogen (secondary N) is 3. The van der Waals surface area contributed by atoms with Gasteiger partial charge in [0.2, 0.25) is 17.7 Å². The molecule has 0 bridgehead atoms. The number of nitrogens with zero attached hydrogens (tertiary/aromatic N) is 1. The second-order valence-electron chi connectivity index (χ2n) is 9.40. The first kappa shape index (κ1) is 21.1. The lowest BCUT2D eigenvalue weighted by Crippen LogP contribution is -2.53. The number of aromatic nitrogens is 1. The third kappa shape index (κ3) is 2.69. The average molecular weight is 459 g/mol. The molecule has 3 aliphatic heterocycles. The number of likely N-dealkylation sites (tertiary alicyclic amines) is 1. The zero-order valence-corrected chi connectivity index (χ0v) is 19.1. The number of H-pyrrole nitrogens is 1. The van der Waals surface area contributed by atoms with Crippen LogP contribution < -0.4 is 10.6 Å². The van der Waals surface area contributed by atoms with Crippen LogP contribution in [0.3, 0.4) is 0 Å². The Kier molecular flexibility index (Phi) is 4.65. The summed E-state index contributed by atoms with van der Waals surface area (Å²) < 4.78 is 5.15. The topological polar surface area (TPSA) is 104 Å². The molecule has 0 aliphatic carbocycles. The lowest BCUT2D eigenvalue weighted by Gasteiger charge is -2.29. The van der Waals surface area contributed by atoms with E-state index in [0.29, 0.717) is 6.42 Å². The second kappa shape index (κ2) is 7.51. The standard InChI is InChI=1S/C26H26N4O4/c1-14-6-5-8-17-22(14)28-25(33)26(17)21-20(23(31)30(24(21)32)10-11-34-2)19(29-26)12-15-13-27-18-9-4-3-7-16(15)18/h3-9,13,19-21,27,29H,10-12H2,1-2H3,(H,28,33)/t19-,20-,21+,26+/m1/s1. The molecule has 174 valence electrons. The summed E-state index contributed by atoms with van der Waals surface area (Å²) in [4.78, 5) is 45.5. The van der Waals surface area contributed by atoms with Crippen molar-refractivity contribution in [2.75, 3.05) is 25.6 Å². The average Bonchev–Trinajstić information content (AvgIpc) is 3.54. The van der Waals surface area contributed by atoms with Crippen LogP contribution in [0.25, 0.3) is 10.9 Å². The molecule has 3 N–H and O–H groups in total. The van der Waals surface area contributed by atoms with Gasteiger partial charge in [0.25, 0.3) is 0 Å². The van der Waals surface area contributed by atoms with Gasteiger partial charge in [-0.25, -0.2) is 0 Å². The SMILES string of the molecule is COCCN1C(=O)[C@H]2[C@@H](C1=O)[C@]1(N[C@@H]2Cc2c[nH]c3ccccc23)C(=O)Nc2c(C)cccc21. The number of methoxy groups -OCH3 is 1. The maximum atomic E-state index is 13.7. The lowest BCUT2D eigenvalue weighted by molar-refractivity contribution is -0.143. The Morgan fingerprint density at radius 3 is 2.71 bits per heavy atom. The molecule has 2 aromatic carbocycles. The highest BCUT2D eigenvalue weighted by molar-refractivity contribution is 6.15. The van der Waals surface area contributed by atoms with E-state index in [2.05, 4.69) is 15.6 Å². The Morgan fingerprint density at radius 2 is 1.88 bits per heavy atom. The smallest absolute Gasteiger partial charge is 0.250 e. The van der Waals surface area contributed by atoms with Gasteiger partial charge in [-0.15, -0.1) is 0 Å². The number of hydrogen-bond donors (Lipinski definition) is 3. The van der Waals surface area contributed by atoms with Gasteiger partial charge in [-0.3, -0.25) is 24.6 Å². The summed E-state index contributed by atoms with van der Waals surface area (Å²) >= 11 is 0. The summed E-state index contributed by atoms with van der Waals surface area (Å²) in [5.74, 6) is -2.28. The number of carbonyl (C=O) groups is 3. The van der Waals surface area contributed by atoms with Gasteiger partial charge in [0.1, 0.15) is 5.54 Å². The van der Waals surface area contributed by atoms with E-state index in [1.54, 1.807) is 0 Å². The molecule has 2 fully saturated rings. The van der Waals surface area contributed by atoms with Crippen molar-refractivity contribution in [2.45, 2.75) is 24.9 Å². The van der Waals surface area contributed by atoms with Crippen LogP contribution in [0.2, 0.25) is 0 Å². The normalized spacial score (nSPS) is 27.6. The van der Waals surface area contributed by atoms with Crippen molar-refractivity contribution >= 4 is 34.3 Å². The minimum Gasteiger partial charge on any atom is -0.383 e. The zero-order chi connectivity index (χ0) is 23.6. The van der Waals surface area contributed by atoms with E-state index in [4.69, 9.17) is 4.74 Å². The van der Waals surface area contributed by atoms with E-state index < -0.39 is 17.4 Å². The summed E-state index contributed by atoms with van der Waals surface area (Å²) in [6, 6.07) is 13.3. The van der Waals surface area contributed by atoms with Crippen molar-refractivity contribution in [1.82, 2.24) is 15.2 Å². The minimum absolute atomic E-state index is 0.180. The first-order valence-electron chi connectivity index (χ1n) is 11.6. The van der Waals surface area contributed by atoms with Crippen LogP contribution in [0.4, 0.5) is 5.69 Å². The number of benzene rings is 2. The molecule has 3 amide bonds. The molecule has 0 unspecified atom stereocenters. The van der Waals surface area contributed by atoms with Crippen LogP contribution in [-0.2, 0) is 31.1 Å². The number of rotatable bonds is 5. The molecular formula is C26H26N4O4. The van der Waals surface area contributed by atoms with Crippen molar-refractivity contribution < 1.29 is 19.1 Å². The summed E-state index contributed by atoms with van der Waals surface area (Å²) in [6.07, 6.45) is 2.46. The highest BCUT2D eigenvalue weighted by Crippen LogP contribution is 2.53. The molecule has 4 heterocycles. The first-order chi connectivity index (χ1) is 16.5. The van der Waals surface area contributed by atoms with E-state index in [9.17, 15) is 14.4 Å². The molecule has 34 heavy (non-hydrogen) atoms. The Balaban J connectivity index is 1.47. The van der Waals surface area contributed by atoms with Crippen LogP contribution >= 0.6 is 0 Å². The van der Waals surface area contributed by atoms with Gasteiger partial charge < -0.3 is 15.0 Å². The molecule has 0 saturated carbocycles. The van der Waals surface area contributed by atoms with Crippen LogP contribution in [-0.4, -0.2) is 53.9 Å². The van der Waals surface area contributed by atoms with E-state index in [1.807, 2.05) is 55.6 Å².